The van der Waals surface area contributed by atoms with E-state index in [9.17, 15) is 0 Å². The number of guanidine groups is 1. The van der Waals surface area contributed by atoms with E-state index in [0.717, 1.165) is 63.5 Å². The molecule has 3 N–H and O–H groups in total. The highest BCUT2D eigenvalue weighted by molar-refractivity contribution is 14.0. The third kappa shape index (κ3) is 10.7. The van der Waals surface area contributed by atoms with Crippen LogP contribution in [0, 0.1) is 0 Å². The largest absolute Gasteiger partial charge is 0.493 e. The summed E-state index contributed by atoms with van der Waals surface area (Å²) in [7, 11) is 1.69. The average molecular weight is 492 g/mol. The summed E-state index contributed by atoms with van der Waals surface area (Å²) in [5, 5.41) is 3.18. The number of hydrogen-bond donors (Lipinski definition) is 2. The van der Waals surface area contributed by atoms with Gasteiger partial charge in [0.1, 0.15) is 5.75 Å². The molecule has 1 aliphatic rings. The molecule has 2 rings (SSSR count). The number of benzene rings is 1. The van der Waals surface area contributed by atoms with Crippen molar-refractivity contribution >= 4 is 29.9 Å². The Labute approximate surface area is 179 Å². The summed E-state index contributed by atoms with van der Waals surface area (Å²) in [4.78, 5) is 6.82. The summed E-state index contributed by atoms with van der Waals surface area (Å²) < 4.78 is 16.1. The number of nitrogens with two attached hydrogens (primary N) is 1. The molecule has 1 aliphatic heterocycles. The highest BCUT2D eigenvalue weighted by atomic mass is 127. The number of morpholine rings is 1. The zero-order chi connectivity index (χ0) is 18.5. The molecule has 1 aromatic carbocycles. The van der Waals surface area contributed by atoms with Crippen LogP contribution >= 0.6 is 24.0 Å². The van der Waals surface area contributed by atoms with Gasteiger partial charge in [0.15, 0.2) is 5.96 Å². The molecule has 7 nitrogen and oxygen atoms in total. The second kappa shape index (κ2) is 14.9. The third-order valence-corrected chi connectivity index (χ3v) is 4.15. The molecule has 1 fully saturated rings. The minimum Gasteiger partial charge on any atom is -0.493 e. The maximum Gasteiger partial charge on any atom is 0.188 e. The van der Waals surface area contributed by atoms with Crippen molar-refractivity contribution in [2.45, 2.75) is 19.4 Å². The molecule has 0 spiro atoms. The van der Waals surface area contributed by atoms with Gasteiger partial charge in [-0.3, -0.25) is 4.90 Å². The number of rotatable bonds is 11. The van der Waals surface area contributed by atoms with Crippen LogP contribution in [0.1, 0.15) is 18.4 Å². The first-order valence-corrected chi connectivity index (χ1v) is 9.32. The van der Waals surface area contributed by atoms with Crippen LogP contribution in [0.3, 0.4) is 0 Å². The lowest BCUT2D eigenvalue weighted by atomic mass is 10.2. The van der Waals surface area contributed by atoms with Gasteiger partial charge >= 0.3 is 0 Å². The lowest BCUT2D eigenvalue weighted by molar-refractivity contribution is 0.0376. The summed E-state index contributed by atoms with van der Waals surface area (Å²) in [5.74, 6) is 1.34. The zero-order valence-corrected chi connectivity index (χ0v) is 18.5. The Hall–Kier alpha value is -1.10. The van der Waals surface area contributed by atoms with E-state index in [0.29, 0.717) is 25.7 Å². The Balaban J connectivity index is 0.00000364. The van der Waals surface area contributed by atoms with Gasteiger partial charge in [-0.2, -0.15) is 0 Å². The maximum absolute atomic E-state index is 5.95. The van der Waals surface area contributed by atoms with Crippen LogP contribution in [0.25, 0.3) is 0 Å². The second-order valence-electron chi connectivity index (χ2n) is 6.28. The van der Waals surface area contributed by atoms with E-state index in [2.05, 4.69) is 15.2 Å². The molecule has 1 saturated heterocycles. The maximum atomic E-state index is 5.95. The van der Waals surface area contributed by atoms with Gasteiger partial charge in [-0.25, -0.2) is 4.99 Å². The Morgan fingerprint density at radius 2 is 2.07 bits per heavy atom. The topological polar surface area (TPSA) is 81.3 Å². The number of nitrogens with one attached hydrogen (secondary N) is 1. The van der Waals surface area contributed by atoms with Gasteiger partial charge in [-0.05, 0) is 30.7 Å². The van der Waals surface area contributed by atoms with Crippen LogP contribution in [-0.2, 0) is 16.0 Å². The van der Waals surface area contributed by atoms with Crippen molar-refractivity contribution in [3.8, 4) is 5.75 Å². The van der Waals surface area contributed by atoms with Crippen molar-refractivity contribution in [1.29, 1.82) is 0 Å². The van der Waals surface area contributed by atoms with E-state index in [4.69, 9.17) is 19.9 Å². The number of methoxy groups -OCH3 is 1. The highest BCUT2D eigenvalue weighted by Crippen LogP contribution is 2.14. The third-order valence-electron chi connectivity index (χ3n) is 4.15. The van der Waals surface area contributed by atoms with Crippen molar-refractivity contribution in [3.63, 3.8) is 0 Å². The quantitative estimate of drug-likeness (QED) is 0.213. The summed E-state index contributed by atoms with van der Waals surface area (Å²) in [6, 6.07) is 7.95. The molecule has 0 amide bonds. The van der Waals surface area contributed by atoms with Crippen molar-refractivity contribution in [3.05, 3.63) is 29.8 Å². The van der Waals surface area contributed by atoms with Crippen LogP contribution in [0.5, 0.6) is 5.75 Å². The SMILES string of the molecule is COCCCOc1cccc(CN=C(N)NCCCN2CCOCC2)c1.I. The first-order chi connectivity index (χ1) is 12.8. The predicted octanol–water partition coefficient (Wildman–Crippen LogP) is 1.85. The van der Waals surface area contributed by atoms with Gasteiger partial charge in [0.25, 0.3) is 0 Å². The molecule has 1 heterocycles. The number of aliphatic imine (C=N–C) groups is 1. The molecule has 0 radical (unpaired) electrons. The van der Waals surface area contributed by atoms with Crippen molar-refractivity contribution in [2.24, 2.45) is 10.7 Å². The van der Waals surface area contributed by atoms with Crippen LogP contribution in [0.4, 0.5) is 0 Å². The zero-order valence-electron chi connectivity index (χ0n) is 16.2. The van der Waals surface area contributed by atoms with Crippen LogP contribution < -0.4 is 15.8 Å². The Kier molecular flexibility index (Phi) is 13.2. The molecular formula is C19H33IN4O3. The molecule has 0 bridgehead atoms. The van der Waals surface area contributed by atoms with Gasteiger partial charge in [0, 0.05) is 39.8 Å². The average Bonchev–Trinajstić information content (AvgIpc) is 2.68. The van der Waals surface area contributed by atoms with Crippen molar-refractivity contribution < 1.29 is 14.2 Å². The molecular weight excluding hydrogens is 459 g/mol. The second-order valence-corrected chi connectivity index (χ2v) is 6.28. The van der Waals surface area contributed by atoms with Gasteiger partial charge in [-0.1, -0.05) is 12.1 Å². The Morgan fingerprint density at radius 1 is 1.26 bits per heavy atom. The van der Waals surface area contributed by atoms with E-state index in [1.807, 2.05) is 24.3 Å². The molecule has 27 heavy (non-hydrogen) atoms. The van der Waals surface area contributed by atoms with E-state index < -0.39 is 0 Å². The first-order valence-electron chi connectivity index (χ1n) is 9.32. The normalized spacial score (nSPS) is 15.2. The molecule has 0 aromatic heterocycles. The minimum absolute atomic E-state index is 0. The number of halogens is 1. The lowest BCUT2D eigenvalue weighted by Crippen LogP contribution is -2.39. The lowest BCUT2D eigenvalue weighted by Gasteiger charge is -2.26. The predicted molar refractivity (Wildman–Crippen MR) is 119 cm³/mol. The Bertz CT molecular complexity index is 539. The van der Waals surface area contributed by atoms with E-state index in [-0.39, 0.29) is 24.0 Å². The molecule has 1 aromatic rings. The fraction of sp³-hybridized carbons (Fsp3) is 0.632. The number of nitrogens with zero attached hydrogens (tertiary/aromatic N) is 2. The van der Waals surface area contributed by atoms with E-state index in [1.54, 1.807) is 7.11 Å². The van der Waals surface area contributed by atoms with Gasteiger partial charge < -0.3 is 25.3 Å². The van der Waals surface area contributed by atoms with Crippen LogP contribution in [0.2, 0.25) is 0 Å². The summed E-state index contributed by atoms with van der Waals surface area (Å²) in [5.41, 5.74) is 7.03. The van der Waals surface area contributed by atoms with Crippen molar-refractivity contribution in [2.75, 3.05) is 59.7 Å². The van der Waals surface area contributed by atoms with Crippen molar-refractivity contribution in [1.82, 2.24) is 10.2 Å². The first kappa shape index (κ1) is 23.9. The molecule has 0 unspecified atom stereocenters. The summed E-state index contributed by atoms with van der Waals surface area (Å²) >= 11 is 0. The summed E-state index contributed by atoms with van der Waals surface area (Å²) in [6.45, 7) is 7.50. The molecule has 0 atom stereocenters. The molecule has 0 saturated carbocycles. The smallest absolute Gasteiger partial charge is 0.188 e. The fourth-order valence-electron chi connectivity index (χ4n) is 2.70. The van der Waals surface area contributed by atoms with E-state index in [1.165, 1.54) is 0 Å². The Morgan fingerprint density at radius 3 is 2.85 bits per heavy atom. The van der Waals surface area contributed by atoms with Crippen LogP contribution in [0.15, 0.2) is 29.3 Å². The number of hydrogen-bond acceptors (Lipinski definition) is 5. The minimum atomic E-state index is 0. The van der Waals surface area contributed by atoms with Gasteiger partial charge in [-0.15, -0.1) is 24.0 Å². The van der Waals surface area contributed by atoms with Crippen LogP contribution in [-0.4, -0.2) is 70.6 Å². The van der Waals surface area contributed by atoms with Gasteiger partial charge in [0.2, 0.25) is 0 Å². The monoisotopic (exact) mass is 492 g/mol. The number of ether oxygens (including phenoxy) is 3. The molecule has 0 aliphatic carbocycles. The fourth-order valence-corrected chi connectivity index (χ4v) is 2.70. The molecule has 154 valence electrons. The molecule has 8 heteroatoms. The van der Waals surface area contributed by atoms with Gasteiger partial charge in [0.05, 0.1) is 26.4 Å². The van der Waals surface area contributed by atoms with E-state index >= 15 is 0 Å². The highest BCUT2D eigenvalue weighted by Gasteiger charge is 2.08. The standard InChI is InChI=1S/C19H32N4O3.HI/c1-24-11-4-12-26-18-6-2-5-17(15-18)16-22-19(20)21-7-3-8-23-9-13-25-14-10-23;/h2,5-6,15H,3-4,7-14,16H2,1H3,(H3,20,21,22);1H. The summed E-state index contributed by atoms with van der Waals surface area (Å²) in [6.07, 6.45) is 1.92.